The number of nitrogens with zero attached hydrogens (tertiary/aromatic N) is 8. The van der Waals surface area contributed by atoms with Gasteiger partial charge in [0.1, 0.15) is 15.8 Å². The summed E-state index contributed by atoms with van der Waals surface area (Å²) in [6, 6.07) is 36.0. The maximum absolute atomic E-state index is 12.8. The van der Waals surface area contributed by atoms with Gasteiger partial charge < -0.3 is 35.0 Å². The lowest BCUT2D eigenvalue weighted by atomic mass is 10.0. The number of thiazole rings is 2. The van der Waals surface area contributed by atoms with E-state index in [4.69, 9.17) is 9.72 Å². The van der Waals surface area contributed by atoms with Crippen molar-refractivity contribution >= 4 is 81.7 Å². The van der Waals surface area contributed by atoms with Gasteiger partial charge in [0.2, 0.25) is 18.7 Å². The van der Waals surface area contributed by atoms with Crippen LogP contribution in [0.3, 0.4) is 0 Å². The van der Waals surface area contributed by atoms with Crippen LogP contribution in [0.2, 0.25) is 0 Å². The van der Waals surface area contributed by atoms with E-state index in [1.54, 1.807) is 64.4 Å². The predicted octanol–water partition coefficient (Wildman–Crippen LogP) is 8.98. The topological polar surface area (TPSA) is 166 Å². The predicted molar refractivity (Wildman–Crippen MR) is 290 cm³/mol. The van der Waals surface area contributed by atoms with Crippen molar-refractivity contribution in [3.8, 4) is 49.4 Å². The van der Waals surface area contributed by atoms with Gasteiger partial charge in [0.15, 0.2) is 0 Å². The van der Waals surface area contributed by atoms with Crippen LogP contribution in [0.25, 0.3) is 55.3 Å². The van der Waals surface area contributed by atoms with E-state index >= 15 is 0 Å². The first-order valence-corrected chi connectivity index (χ1v) is 25.5. The maximum atomic E-state index is 12.8. The lowest BCUT2D eigenvalue weighted by Crippen LogP contribution is -2.45. The molecule has 15 nitrogen and oxygen atoms in total. The van der Waals surface area contributed by atoms with Crippen molar-refractivity contribution in [2.45, 2.75) is 6.42 Å². The number of carbonyl (C=O) groups is 4. The summed E-state index contributed by atoms with van der Waals surface area (Å²) >= 11 is 3.20. The molecule has 366 valence electrons. The summed E-state index contributed by atoms with van der Waals surface area (Å²) in [5.41, 5.74) is 13.5. The highest BCUT2D eigenvalue weighted by molar-refractivity contribution is 7.13. The Morgan fingerprint density at radius 3 is 1.59 bits per heavy atom. The molecule has 0 spiro atoms. The summed E-state index contributed by atoms with van der Waals surface area (Å²) in [6.07, 6.45) is 11.3. The second-order valence-corrected chi connectivity index (χ2v) is 19.2. The van der Waals surface area contributed by atoms with Gasteiger partial charge in [0.25, 0.3) is 5.91 Å². The van der Waals surface area contributed by atoms with Crippen LogP contribution < -0.4 is 25.2 Å². The van der Waals surface area contributed by atoms with E-state index in [1.807, 2.05) is 102 Å². The van der Waals surface area contributed by atoms with Crippen molar-refractivity contribution < 1.29 is 23.9 Å². The van der Waals surface area contributed by atoms with E-state index in [-0.39, 0.29) is 11.8 Å². The number of aromatic nitrogens is 4. The van der Waals surface area contributed by atoms with Gasteiger partial charge in [-0.3, -0.25) is 29.1 Å². The number of methoxy groups -OCH3 is 1. The van der Waals surface area contributed by atoms with Crippen LogP contribution in [0.5, 0.6) is 5.75 Å². The van der Waals surface area contributed by atoms with Crippen LogP contribution in [0.1, 0.15) is 16.7 Å². The molecule has 0 unspecified atom stereocenters. The molecule has 4 aromatic heterocycles. The quantitative estimate of drug-likeness (QED) is 0.0992. The average molecular weight is 1010 g/mol. The first-order chi connectivity index (χ1) is 35.8. The number of pyridine rings is 2. The van der Waals surface area contributed by atoms with Crippen molar-refractivity contribution in [2.24, 2.45) is 0 Å². The summed E-state index contributed by atoms with van der Waals surface area (Å²) in [5.74, 6) is 0.820. The molecule has 2 saturated heterocycles. The van der Waals surface area contributed by atoms with Gasteiger partial charge in [-0.15, -0.1) is 22.7 Å². The highest BCUT2D eigenvalue weighted by Gasteiger charge is 2.26. The second-order valence-electron chi connectivity index (χ2n) is 17.5. The molecule has 8 aromatic rings. The highest BCUT2D eigenvalue weighted by Crippen LogP contribution is 2.38. The third kappa shape index (κ3) is 11.3. The van der Waals surface area contributed by atoms with E-state index in [9.17, 15) is 19.2 Å². The number of hydrogen-bond acceptors (Lipinski definition) is 13. The van der Waals surface area contributed by atoms with Gasteiger partial charge in [0, 0.05) is 144 Å². The molecule has 0 saturated carbocycles. The standard InChI is InChI=1S/C28H23N5O2S.C16H11N3OS.C12H16N2O2/c34-18-32-11-13-33(14-12-32)22-4-1-19(2-5-22)15-24-23-16-21(3-6-25(23)30-27(24)35)26-17-36-28(31-26)20-7-9-29-10-8-20;20-15-8-12-7-11(1-2-13(12)18-15)14-9-21-16(19-14)10-3-5-17-6-4-10;1-16-12-4-2-11(3-5-12)14-8-6-13(10-15)7-9-14/h1-10,15-18H,11-14H2,(H,30,35);1-7,9H,8H2,(H,18,20);2-5,10H,6-9H2,1H3/b24-15-;;. The normalized spacial score (nSPS) is 15.3. The minimum absolute atomic E-state index is 0.0536. The molecular formula is C56H50N10O5S2. The molecule has 4 amide bonds. The third-order valence-corrected chi connectivity index (χ3v) is 14.7. The molecule has 73 heavy (non-hydrogen) atoms. The fraction of sp³-hybridized carbons (Fsp3) is 0.179. The molecule has 2 N–H and O–H groups in total. The van der Waals surface area contributed by atoms with Gasteiger partial charge in [-0.1, -0.05) is 24.3 Å². The SMILES string of the molecule is COc1ccc(N2CCN(C=O)CC2)cc1.O=C1Cc2cc(-c3csc(-c4ccncc4)n3)ccc2N1.O=CN1CCN(c2ccc(/C=C3\C(=O)Nc4ccc(-c5csc(-c6ccncc6)n5)cc43)cc2)CC1. The lowest BCUT2D eigenvalue weighted by Gasteiger charge is -2.34. The Hall–Kier alpha value is -8.54. The number of rotatable bonds is 10. The summed E-state index contributed by atoms with van der Waals surface area (Å²) in [6.45, 7) is 6.49. The first-order valence-electron chi connectivity index (χ1n) is 23.8. The molecular weight excluding hydrogens is 957 g/mol. The molecule has 2 fully saturated rings. The molecule has 4 aliphatic rings. The van der Waals surface area contributed by atoms with Gasteiger partial charge in [-0.2, -0.15) is 0 Å². The summed E-state index contributed by atoms with van der Waals surface area (Å²) in [4.78, 5) is 71.5. The molecule has 4 aromatic carbocycles. The van der Waals surface area contributed by atoms with Crippen LogP contribution >= 0.6 is 22.7 Å². The van der Waals surface area contributed by atoms with Crippen LogP contribution in [0.4, 0.5) is 22.7 Å². The number of carbonyl (C=O) groups excluding carboxylic acids is 4. The minimum atomic E-state index is -0.105. The van der Waals surface area contributed by atoms with Crippen LogP contribution in [-0.2, 0) is 25.6 Å². The van der Waals surface area contributed by atoms with Crippen molar-refractivity contribution in [3.63, 3.8) is 0 Å². The summed E-state index contributed by atoms with van der Waals surface area (Å²) in [7, 11) is 1.66. The van der Waals surface area contributed by atoms with Crippen molar-refractivity contribution in [3.05, 3.63) is 161 Å². The first kappa shape index (κ1) is 48.1. The smallest absolute Gasteiger partial charge is 0.256 e. The van der Waals surface area contributed by atoms with Crippen LogP contribution in [0, 0.1) is 0 Å². The third-order valence-electron chi connectivity index (χ3n) is 12.9. The molecule has 12 rings (SSSR count). The van der Waals surface area contributed by atoms with Crippen molar-refractivity contribution in [1.29, 1.82) is 0 Å². The van der Waals surface area contributed by atoms with E-state index in [0.29, 0.717) is 12.0 Å². The van der Waals surface area contributed by atoms with E-state index in [2.05, 4.69) is 59.7 Å². The molecule has 4 aliphatic heterocycles. The Bertz CT molecular complexity index is 3260. The number of ether oxygens (including phenoxy) is 1. The zero-order valence-corrected chi connectivity index (χ0v) is 41.5. The number of fused-ring (bicyclic) bond motifs is 2. The minimum Gasteiger partial charge on any atom is -0.497 e. The largest absolute Gasteiger partial charge is 0.497 e. The Morgan fingerprint density at radius 1 is 0.562 bits per heavy atom. The number of benzene rings is 4. The number of piperazine rings is 2. The van der Waals surface area contributed by atoms with Crippen LogP contribution in [0.15, 0.2) is 145 Å². The zero-order valence-electron chi connectivity index (χ0n) is 39.9. The van der Waals surface area contributed by atoms with E-state index < -0.39 is 0 Å². The lowest BCUT2D eigenvalue weighted by molar-refractivity contribution is -0.119. The van der Waals surface area contributed by atoms with Gasteiger partial charge in [-0.25, -0.2) is 9.97 Å². The molecule has 17 heteroatoms. The average Bonchev–Trinajstić information content (AvgIpc) is 4.29. The Labute approximate surface area is 430 Å². The molecule has 0 atom stereocenters. The van der Waals surface area contributed by atoms with Gasteiger partial charge >= 0.3 is 0 Å². The van der Waals surface area contributed by atoms with Crippen molar-refractivity contribution in [2.75, 3.05) is 79.9 Å². The number of nitrogens with one attached hydrogen (secondary N) is 2. The Kier molecular flexibility index (Phi) is 14.7. The molecule has 0 radical (unpaired) electrons. The number of anilines is 4. The summed E-state index contributed by atoms with van der Waals surface area (Å²) in [5, 5.41) is 11.8. The maximum Gasteiger partial charge on any atom is 0.256 e. The van der Waals surface area contributed by atoms with Gasteiger partial charge in [-0.05, 0) is 102 Å². The van der Waals surface area contributed by atoms with Gasteiger partial charge in [0.05, 0.1) is 24.9 Å². The molecule has 0 bridgehead atoms. The fourth-order valence-electron chi connectivity index (χ4n) is 8.86. The Balaban J connectivity index is 0.000000139. The molecule has 0 aliphatic carbocycles. The second kappa shape index (κ2) is 22.3. The number of hydrogen-bond donors (Lipinski definition) is 2. The highest BCUT2D eigenvalue weighted by atomic mass is 32.1. The van der Waals surface area contributed by atoms with E-state index in [1.165, 1.54) is 5.69 Å². The van der Waals surface area contributed by atoms with Crippen molar-refractivity contribution in [1.82, 2.24) is 29.7 Å². The Morgan fingerprint density at radius 2 is 1.07 bits per heavy atom. The van der Waals surface area contributed by atoms with E-state index in [0.717, 1.165) is 148 Å². The number of amides is 4. The fourth-order valence-corrected chi connectivity index (χ4v) is 10.5. The monoisotopic (exact) mass is 1010 g/mol. The van der Waals surface area contributed by atoms with Crippen LogP contribution in [-0.4, -0.2) is 114 Å². The summed E-state index contributed by atoms with van der Waals surface area (Å²) < 4.78 is 5.12. The molecule has 8 heterocycles. The zero-order chi connectivity index (χ0) is 50.1.